The van der Waals surface area contributed by atoms with E-state index in [2.05, 4.69) is 10.6 Å². The Kier molecular flexibility index (Phi) is 11.0. The van der Waals surface area contributed by atoms with Crippen LogP contribution in [0.4, 0.5) is 10.5 Å². The van der Waals surface area contributed by atoms with Gasteiger partial charge in [0.15, 0.2) is 0 Å². The van der Waals surface area contributed by atoms with Gasteiger partial charge in [-0.3, -0.25) is 9.59 Å². The minimum atomic E-state index is -0.405. The molecule has 3 atom stereocenters. The maximum atomic E-state index is 13.5. The van der Waals surface area contributed by atoms with Crippen LogP contribution in [0.2, 0.25) is 0 Å². The van der Waals surface area contributed by atoms with Crippen molar-refractivity contribution in [1.82, 2.24) is 20.0 Å². The monoisotopic (exact) mass is 505 g/mol. The maximum Gasteiger partial charge on any atom is 0.317 e. The lowest BCUT2D eigenvalue weighted by Gasteiger charge is -2.38. The van der Waals surface area contributed by atoms with Gasteiger partial charge in [-0.05, 0) is 66.0 Å². The number of benzene rings is 1. The van der Waals surface area contributed by atoms with Crippen LogP contribution in [0.1, 0.15) is 50.9 Å². The van der Waals surface area contributed by atoms with Gasteiger partial charge in [-0.1, -0.05) is 6.92 Å². The number of amides is 4. The third-order valence-corrected chi connectivity index (χ3v) is 6.17. The van der Waals surface area contributed by atoms with Crippen molar-refractivity contribution >= 4 is 23.5 Å². The molecule has 10 heteroatoms. The highest BCUT2D eigenvalue weighted by Crippen LogP contribution is 2.30. The number of aliphatic hydroxyl groups is 1. The Balaban J connectivity index is 2.31. The Morgan fingerprint density at radius 2 is 1.92 bits per heavy atom. The largest absolute Gasteiger partial charge is 0.487 e. The molecule has 0 fully saturated rings. The van der Waals surface area contributed by atoms with Crippen LogP contribution in [-0.2, 0) is 4.79 Å². The number of aliphatic hydroxyl groups excluding tert-OH is 1. The van der Waals surface area contributed by atoms with E-state index >= 15 is 0 Å². The topological polar surface area (TPSA) is 114 Å². The Hall–Kier alpha value is -2.85. The number of nitrogens with zero attached hydrogens (tertiary/aromatic N) is 3. The molecular formula is C26H43N5O5. The number of ether oxygens (including phenoxy) is 1. The van der Waals surface area contributed by atoms with Crippen LogP contribution < -0.4 is 15.4 Å². The summed E-state index contributed by atoms with van der Waals surface area (Å²) in [6, 6.07) is 4.43. The van der Waals surface area contributed by atoms with E-state index in [-0.39, 0.29) is 42.5 Å². The molecule has 4 amide bonds. The van der Waals surface area contributed by atoms with Gasteiger partial charge in [-0.2, -0.15) is 0 Å². The van der Waals surface area contributed by atoms with Crippen LogP contribution in [-0.4, -0.2) is 103 Å². The molecule has 0 bridgehead atoms. The average molecular weight is 506 g/mol. The predicted octanol–water partition coefficient (Wildman–Crippen LogP) is 2.24. The van der Waals surface area contributed by atoms with E-state index in [0.717, 1.165) is 13.0 Å². The van der Waals surface area contributed by atoms with Gasteiger partial charge in [0, 0.05) is 37.7 Å². The molecule has 202 valence electrons. The van der Waals surface area contributed by atoms with Crippen molar-refractivity contribution in [3.8, 4) is 5.75 Å². The van der Waals surface area contributed by atoms with Gasteiger partial charge in [0.1, 0.15) is 11.9 Å². The second-order valence-corrected chi connectivity index (χ2v) is 10.3. The van der Waals surface area contributed by atoms with Crippen molar-refractivity contribution in [2.24, 2.45) is 5.92 Å². The number of hydrogen-bond donors (Lipinski definition) is 3. The van der Waals surface area contributed by atoms with E-state index in [1.165, 1.54) is 0 Å². The number of hydrogen-bond acceptors (Lipinski definition) is 6. The standard InChI is InChI=1S/C26H43N5O5/c1-17(2)27-26(35)30(7)15-23-18(3)14-31(19(4)16-32)25(34)21-13-20(10-11-22(21)36-23)28-24(33)9-8-12-29(5)6/h10-11,13,17-19,23,32H,8-9,12,14-16H2,1-7H3,(H,27,35)(H,28,33)/t18-,19-,23-/m0/s1. The molecular weight excluding hydrogens is 462 g/mol. The zero-order chi connectivity index (χ0) is 27.0. The first-order chi connectivity index (χ1) is 16.9. The lowest BCUT2D eigenvalue weighted by atomic mass is 9.99. The zero-order valence-corrected chi connectivity index (χ0v) is 22.7. The average Bonchev–Trinajstić information content (AvgIpc) is 2.80. The third kappa shape index (κ3) is 8.37. The zero-order valence-electron chi connectivity index (χ0n) is 22.7. The summed E-state index contributed by atoms with van der Waals surface area (Å²) in [5.74, 6) is -0.121. The highest BCUT2D eigenvalue weighted by Gasteiger charge is 2.34. The van der Waals surface area contributed by atoms with Crippen LogP contribution in [0.25, 0.3) is 0 Å². The molecule has 0 spiro atoms. The van der Waals surface area contributed by atoms with Gasteiger partial charge in [0.05, 0.1) is 24.8 Å². The summed E-state index contributed by atoms with van der Waals surface area (Å²) in [4.78, 5) is 43.6. The Bertz CT molecular complexity index is 907. The fourth-order valence-corrected chi connectivity index (χ4v) is 4.01. The molecule has 0 aromatic heterocycles. The fraction of sp³-hybridized carbons (Fsp3) is 0.654. The van der Waals surface area contributed by atoms with Crippen molar-refractivity contribution in [1.29, 1.82) is 0 Å². The molecule has 0 saturated carbocycles. The molecule has 1 heterocycles. The Morgan fingerprint density at radius 3 is 2.53 bits per heavy atom. The number of rotatable bonds is 10. The van der Waals surface area contributed by atoms with Crippen molar-refractivity contribution in [2.45, 2.75) is 58.7 Å². The molecule has 1 aromatic rings. The van der Waals surface area contributed by atoms with Crippen LogP contribution in [0.15, 0.2) is 18.2 Å². The van der Waals surface area contributed by atoms with E-state index < -0.39 is 6.04 Å². The smallest absolute Gasteiger partial charge is 0.317 e. The van der Waals surface area contributed by atoms with Crippen LogP contribution in [0.3, 0.4) is 0 Å². The maximum absolute atomic E-state index is 13.5. The van der Waals surface area contributed by atoms with Crippen molar-refractivity contribution in [3.05, 3.63) is 23.8 Å². The molecule has 0 saturated heterocycles. The molecule has 0 aliphatic carbocycles. The molecule has 1 aliphatic heterocycles. The quantitative estimate of drug-likeness (QED) is 0.449. The summed E-state index contributed by atoms with van der Waals surface area (Å²) < 4.78 is 6.31. The van der Waals surface area contributed by atoms with Gasteiger partial charge in [0.2, 0.25) is 5.91 Å². The lowest BCUT2D eigenvalue weighted by molar-refractivity contribution is -0.116. The summed E-state index contributed by atoms with van der Waals surface area (Å²) in [6.07, 6.45) is 0.711. The van der Waals surface area contributed by atoms with Crippen LogP contribution in [0.5, 0.6) is 5.75 Å². The van der Waals surface area contributed by atoms with Crippen LogP contribution >= 0.6 is 0 Å². The Morgan fingerprint density at radius 1 is 1.22 bits per heavy atom. The molecule has 36 heavy (non-hydrogen) atoms. The molecule has 1 aliphatic rings. The minimum absolute atomic E-state index is 0.00591. The van der Waals surface area contributed by atoms with Gasteiger partial charge in [-0.15, -0.1) is 0 Å². The summed E-state index contributed by atoms with van der Waals surface area (Å²) in [7, 11) is 5.63. The molecule has 0 radical (unpaired) electrons. The first-order valence-corrected chi connectivity index (χ1v) is 12.6. The van der Waals surface area contributed by atoms with Gasteiger partial charge in [0.25, 0.3) is 5.91 Å². The van der Waals surface area contributed by atoms with E-state index in [0.29, 0.717) is 36.5 Å². The Labute approximate surface area is 214 Å². The van der Waals surface area contributed by atoms with Crippen molar-refractivity contribution in [3.63, 3.8) is 0 Å². The number of likely N-dealkylation sites (N-methyl/N-ethyl adjacent to an activating group) is 1. The molecule has 0 unspecified atom stereocenters. The van der Waals surface area contributed by atoms with E-state index in [1.807, 2.05) is 39.8 Å². The van der Waals surface area contributed by atoms with Gasteiger partial charge >= 0.3 is 6.03 Å². The molecule has 10 nitrogen and oxygen atoms in total. The highest BCUT2D eigenvalue weighted by atomic mass is 16.5. The highest BCUT2D eigenvalue weighted by molar-refractivity contribution is 5.99. The molecule has 1 aromatic carbocycles. The summed E-state index contributed by atoms with van der Waals surface area (Å²) in [6.45, 7) is 8.85. The van der Waals surface area contributed by atoms with E-state index in [9.17, 15) is 19.5 Å². The van der Waals surface area contributed by atoms with Crippen molar-refractivity contribution in [2.75, 3.05) is 52.7 Å². The summed E-state index contributed by atoms with van der Waals surface area (Å²) in [5, 5.41) is 15.6. The molecule has 2 rings (SSSR count). The van der Waals surface area contributed by atoms with Gasteiger partial charge < -0.3 is 35.2 Å². The first kappa shape index (κ1) is 29.4. The lowest BCUT2D eigenvalue weighted by Crippen LogP contribution is -2.51. The summed E-state index contributed by atoms with van der Waals surface area (Å²) >= 11 is 0. The summed E-state index contributed by atoms with van der Waals surface area (Å²) in [5.41, 5.74) is 0.823. The third-order valence-electron chi connectivity index (χ3n) is 6.17. The normalized spacial score (nSPS) is 18.7. The van der Waals surface area contributed by atoms with Crippen molar-refractivity contribution < 1.29 is 24.2 Å². The SMILES string of the molecule is CC(C)NC(=O)N(C)C[C@@H]1Oc2ccc(NC(=O)CCCN(C)C)cc2C(=O)N([C@@H](C)CO)C[C@@H]1C. The van der Waals surface area contributed by atoms with Gasteiger partial charge in [-0.25, -0.2) is 4.79 Å². The molecule has 3 N–H and O–H groups in total. The number of carbonyl (C=O) groups excluding carboxylic acids is 3. The van der Waals surface area contributed by atoms with E-state index in [4.69, 9.17) is 4.74 Å². The van der Waals surface area contributed by atoms with Crippen LogP contribution in [0, 0.1) is 5.92 Å². The predicted molar refractivity (Wildman–Crippen MR) is 140 cm³/mol. The number of nitrogens with one attached hydrogen (secondary N) is 2. The first-order valence-electron chi connectivity index (χ1n) is 12.6. The second-order valence-electron chi connectivity index (χ2n) is 10.3. The van der Waals surface area contributed by atoms with E-state index in [1.54, 1.807) is 42.0 Å². The number of anilines is 1. The second kappa shape index (κ2) is 13.5. The number of urea groups is 1. The number of carbonyl (C=O) groups is 3. The minimum Gasteiger partial charge on any atom is -0.487 e. The number of fused-ring (bicyclic) bond motifs is 1. The fourth-order valence-electron chi connectivity index (χ4n) is 4.01.